The highest BCUT2D eigenvalue weighted by atomic mass is 79.9. The van der Waals surface area contributed by atoms with Gasteiger partial charge in [0.05, 0.1) is 6.54 Å². The van der Waals surface area contributed by atoms with Crippen molar-refractivity contribution in [1.82, 2.24) is 15.5 Å². The van der Waals surface area contributed by atoms with Crippen molar-refractivity contribution in [3.05, 3.63) is 34.1 Å². The molecule has 0 aromatic heterocycles. The van der Waals surface area contributed by atoms with E-state index in [-0.39, 0.29) is 24.3 Å². The number of halogens is 2. The zero-order chi connectivity index (χ0) is 17.5. The summed E-state index contributed by atoms with van der Waals surface area (Å²) in [4.78, 5) is 18.1. The second-order valence-corrected chi connectivity index (χ2v) is 6.67. The lowest BCUT2D eigenvalue weighted by atomic mass is 10.2. The Morgan fingerprint density at radius 1 is 1.46 bits per heavy atom. The van der Waals surface area contributed by atoms with Crippen molar-refractivity contribution in [3.63, 3.8) is 0 Å². The molecular weight excluding hydrogens is 375 g/mol. The Kier molecular flexibility index (Phi) is 7.02. The van der Waals surface area contributed by atoms with Crippen LogP contribution in [-0.2, 0) is 11.3 Å². The smallest absolute Gasteiger partial charge is 0.222 e. The number of benzene rings is 1. The molecule has 1 fully saturated rings. The molecule has 1 aliphatic rings. The number of amides is 1. The summed E-state index contributed by atoms with van der Waals surface area (Å²) in [6.07, 6.45) is 1.42. The predicted molar refractivity (Wildman–Crippen MR) is 97.3 cm³/mol. The van der Waals surface area contributed by atoms with Gasteiger partial charge in [0.25, 0.3) is 0 Å². The van der Waals surface area contributed by atoms with Crippen molar-refractivity contribution in [1.29, 1.82) is 0 Å². The Labute approximate surface area is 150 Å². The lowest BCUT2D eigenvalue weighted by Gasteiger charge is -2.18. The van der Waals surface area contributed by atoms with Crippen LogP contribution in [0.2, 0.25) is 0 Å². The minimum Gasteiger partial charge on any atom is -0.357 e. The summed E-state index contributed by atoms with van der Waals surface area (Å²) in [5, 5.41) is 6.51. The van der Waals surface area contributed by atoms with Gasteiger partial charge < -0.3 is 15.5 Å². The maximum atomic E-state index is 13.9. The Bertz CT molecular complexity index is 608. The number of hydrogen-bond donors (Lipinski definition) is 2. The SMILES string of the molecule is CCNC(=NCc1ccc(Br)cc1F)NC1CCN(C(=O)CC)C1. The Morgan fingerprint density at radius 3 is 2.92 bits per heavy atom. The number of nitrogens with zero attached hydrogens (tertiary/aromatic N) is 2. The van der Waals surface area contributed by atoms with Gasteiger partial charge in [-0.1, -0.05) is 28.9 Å². The summed E-state index contributed by atoms with van der Waals surface area (Å²) in [6.45, 7) is 6.30. The number of rotatable bonds is 5. The third-order valence-corrected chi connectivity index (χ3v) is 4.44. The highest BCUT2D eigenvalue weighted by Crippen LogP contribution is 2.16. The van der Waals surface area contributed by atoms with Gasteiger partial charge in [-0.2, -0.15) is 0 Å². The summed E-state index contributed by atoms with van der Waals surface area (Å²) in [5.74, 6) is 0.554. The highest BCUT2D eigenvalue weighted by molar-refractivity contribution is 9.10. The molecule has 24 heavy (non-hydrogen) atoms. The third-order valence-electron chi connectivity index (χ3n) is 3.95. The molecule has 1 saturated heterocycles. The normalized spacial score (nSPS) is 17.9. The standard InChI is InChI=1S/C17H24BrFN4O/c1-3-16(24)23-8-7-14(11-23)22-17(20-4-2)21-10-12-5-6-13(18)9-15(12)19/h5-6,9,14H,3-4,7-8,10-11H2,1-2H3,(H2,20,21,22). The summed E-state index contributed by atoms with van der Waals surface area (Å²) >= 11 is 3.25. The van der Waals surface area contributed by atoms with E-state index < -0.39 is 0 Å². The van der Waals surface area contributed by atoms with Gasteiger partial charge in [-0.05, 0) is 25.5 Å². The van der Waals surface area contributed by atoms with Crippen LogP contribution < -0.4 is 10.6 Å². The minimum atomic E-state index is -0.274. The van der Waals surface area contributed by atoms with Crippen molar-refractivity contribution in [2.45, 2.75) is 39.3 Å². The second-order valence-electron chi connectivity index (χ2n) is 5.75. The molecule has 0 radical (unpaired) electrons. The van der Waals surface area contributed by atoms with Crippen LogP contribution >= 0.6 is 15.9 Å². The number of carbonyl (C=O) groups excluding carboxylic acids is 1. The van der Waals surface area contributed by atoms with Gasteiger partial charge in [0.1, 0.15) is 5.82 Å². The lowest BCUT2D eigenvalue weighted by molar-refractivity contribution is -0.129. The van der Waals surface area contributed by atoms with Crippen molar-refractivity contribution in [2.75, 3.05) is 19.6 Å². The fourth-order valence-electron chi connectivity index (χ4n) is 2.66. The highest BCUT2D eigenvalue weighted by Gasteiger charge is 2.25. The first-order valence-corrected chi connectivity index (χ1v) is 9.09. The molecule has 1 atom stereocenters. The molecule has 1 heterocycles. The number of nitrogens with one attached hydrogen (secondary N) is 2. The van der Waals surface area contributed by atoms with E-state index >= 15 is 0 Å². The van der Waals surface area contributed by atoms with Gasteiger partial charge in [-0.3, -0.25) is 4.79 Å². The average molecular weight is 399 g/mol. The van der Waals surface area contributed by atoms with Crippen molar-refractivity contribution >= 4 is 27.8 Å². The Balaban J connectivity index is 1.97. The fraction of sp³-hybridized carbons (Fsp3) is 0.529. The molecular formula is C17H24BrFN4O. The number of carbonyl (C=O) groups is 1. The van der Waals surface area contributed by atoms with Crippen molar-refractivity contribution in [3.8, 4) is 0 Å². The van der Waals surface area contributed by atoms with Crippen LogP contribution in [0.25, 0.3) is 0 Å². The molecule has 0 aliphatic carbocycles. The molecule has 0 bridgehead atoms. The molecule has 7 heteroatoms. The van der Waals surface area contributed by atoms with Gasteiger partial charge in [-0.15, -0.1) is 0 Å². The maximum absolute atomic E-state index is 13.9. The zero-order valence-electron chi connectivity index (χ0n) is 14.1. The molecule has 2 rings (SSSR count). The zero-order valence-corrected chi connectivity index (χ0v) is 15.7. The minimum absolute atomic E-state index is 0.174. The topological polar surface area (TPSA) is 56.7 Å². The number of aliphatic imine (C=N–C) groups is 1. The molecule has 5 nitrogen and oxygen atoms in total. The van der Waals surface area contributed by atoms with E-state index in [9.17, 15) is 9.18 Å². The fourth-order valence-corrected chi connectivity index (χ4v) is 2.99. The second kappa shape index (κ2) is 9.01. The van der Waals surface area contributed by atoms with Crippen molar-refractivity contribution in [2.24, 2.45) is 4.99 Å². The number of hydrogen-bond acceptors (Lipinski definition) is 2. The van der Waals surface area contributed by atoms with Crippen LogP contribution in [0.1, 0.15) is 32.3 Å². The molecule has 1 unspecified atom stereocenters. The molecule has 132 valence electrons. The molecule has 1 amide bonds. The van der Waals surface area contributed by atoms with E-state index in [0.717, 1.165) is 19.5 Å². The number of guanidine groups is 1. The molecule has 0 spiro atoms. The first-order valence-electron chi connectivity index (χ1n) is 8.30. The largest absolute Gasteiger partial charge is 0.357 e. The summed E-state index contributed by atoms with van der Waals surface area (Å²) in [6, 6.07) is 5.15. The van der Waals surface area contributed by atoms with E-state index in [2.05, 4.69) is 31.6 Å². The van der Waals surface area contributed by atoms with E-state index in [1.165, 1.54) is 6.07 Å². The Morgan fingerprint density at radius 2 is 2.25 bits per heavy atom. The quantitative estimate of drug-likeness (QED) is 0.591. The monoisotopic (exact) mass is 398 g/mol. The maximum Gasteiger partial charge on any atom is 0.222 e. The van der Waals surface area contributed by atoms with Crippen LogP contribution in [0.3, 0.4) is 0 Å². The average Bonchev–Trinajstić information content (AvgIpc) is 3.02. The lowest BCUT2D eigenvalue weighted by Crippen LogP contribution is -2.45. The van der Waals surface area contributed by atoms with Crippen LogP contribution in [0.4, 0.5) is 4.39 Å². The number of likely N-dealkylation sites (tertiary alicyclic amines) is 1. The first kappa shape index (κ1) is 18.7. The first-order chi connectivity index (χ1) is 11.5. The van der Waals surface area contributed by atoms with Crippen LogP contribution in [-0.4, -0.2) is 42.4 Å². The van der Waals surface area contributed by atoms with Gasteiger partial charge in [0.2, 0.25) is 5.91 Å². The van der Waals surface area contributed by atoms with E-state index in [4.69, 9.17) is 0 Å². The molecule has 0 saturated carbocycles. The Hall–Kier alpha value is -1.63. The molecule has 1 aromatic carbocycles. The van der Waals surface area contributed by atoms with Crippen LogP contribution in [0.5, 0.6) is 0 Å². The summed E-state index contributed by atoms with van der Waals surface area (Å²) < 4.78 is 14.6. The van der Waals surface area contributed by atoms with Crippen molar-refractivity contribution < 1.29 is 9.18 Å². The van der Waals surface area contributed by atoms with E-state index in [1.807, 2.05) is 18.7 Å². The third kappa shape index (κ3) is 5.19. The summed E-state index contributed by atoms with van der Waals surface area (Å²) in [7, 11) is 0. The van der Waals surface area contributed by atoms with Crippen LogP contribution in [0, 0.1) is 5.82 Å². The molecule has 1 aliphatic heterocycles. The van der Waals surface area contributed by atoms with Gasteiger partial charge in [-0.25, -0.2) is 9.38 Å². The predicted octanol–water partition coefficient (Wildman–Crippen LogP) is 2.65. The molecule has 2 N–H and O–H groups in total. The van der Waals surface area contributed by atoms with Gasteiger partial charge in [0, 0.05) is 42.1 Å². The van der Waals surface area contributed by atoms with Gasteiger partial charge in [0.15, 0.2) is 5.96 Å². The van der Waals surface area contributed by atoms with Gasteiger partial charge >= 0.3 is 0 Å². The molecule has 1 aromatic rings. The van der Waals surface area contributed by atoms with E-state index in [0.29, 0.717) is 29.0 Å². The van der Waals surface area contributed by atoms with E-state index in [1.54, 1.807) is 12.1 Å². The summed E-state index contributed by atoms with van der Waals surface area (Å²) in [5.41, 5.74) is 0.546. The van der Waals surface area contributed by atoms with Crippen LogP contribution in [0.15, 0.2) is 27.7 Å².